The lowest BCUT2D eigenvalue weighted by Gasteiger charge is -2.35. The molecule has 0 bridgehead atoms. The third-order valence-corrected chi connectivity index (χ3v) is 5.04. The monoisotopic (exact) mass is 291 g/mol. The fourth-order valence-corrected chi connectivity index (χ4v) is 3.72. The van der Waals surface area contributed by atoms with E-state index in [1.165, 1.54) is 6.26 Å². The van der Waals surface area contributed by atoms with E-state index >= 15 is 0 Å². The molecule has 6 heteroatoms. The maximum absolute atomic E-state index is 11.6. The minimum absolute atomic E-state index is 0.111. The van der Waals surface area contributed by atoms with Crippen molar-refractivity contribution in [2.75, 3.05) is 46.0 Å². The molecule has 19 heavy (non-hydrogen) atoms. The normalized spacial score (nSPS) is 22.9. The molecule has 0 aliphatic carbocycles. The summed E-state index contributed by atoms with van der Waals surface area (Å²) in [6, 6.07) is 0. The first-order valence-corrected chi connectivity index (χ1v) is 8.82. The van der Waals surface area contributed by atoms with Gasteiger partial charge in [0, 0.05) is 26.2 Å². The molecule has 1 saturated heterocycles. The lowest BCUT2D eigenvalue weighted by Crippen LogP contribution is -2.44. The second-order valence-electron chi connectivity index (χ2n) is 6.69. The van der Waals surface area contributed by atoms with Crippen molar-refractivity contribution in [2.24, 2.45) is 17.1 Å². The molecule has 1 aliphatic heterocycles. The third-order valence-electron chi connectivity index (χ3n) is 3.77. The van der Waals surface area contributed by atoms with Gasteiger partial charge in [-0.05, 0) is 37.8 Å². The van der Waals surface area contributed by atoms with Gasteiger partial charge in [-0.15, -0.1) is 0 Å². The van der Waals surface area contributed by atoms with Crippen molar-refractivity contribution in [3.8, 4) is 0 Å². The predicted molar refractivity (Wildman–Crippen MR) is 79.5 cm³/mol. The van der Waals surface area contributed by atoms with Gasteiger partial charge < -0.3 is 10.6 Å². The van der Waals surface area contributed by atoms with Crippen molar-refractivity contribution in [3.05, 3.63) is 0 Å². The highest BCUT2D eigenvalue weighted by atomic mass is 32.2. The summed E-state index contributed by atoms with van der Waals surface area (Å²) in [4.78, 5) is 2.28. The fourth-order valence-electron chi connectivity index (χ4n) is 2.78. The summed E-state index contributed by atoms with van der Waals surface area (Å²) < 4.78 is 24.8. The Morgan fingerprint density at radius 2 is 2.05 bits per heavy atom. The Bertz CT molecular complexity index is 381. The van der Waals surface area contributed by atoms with E-state index in [1.807, 2.05) is 0 Å². The van der Waals surface area contributed by atoms with Gasteiger partial charge in [-0.25, -0.2) is 12.7 Å². The molecule has 1 atom stereocenters. The molecule has 0 saturated carbocycles. The topological polar surface area (TPSA) is 66.6 Å². The van der Waals surface area contributed by atoms with Gasteiger partial charge in [0.1, 0.15) is 0 Å². The van der Waals surface area contributed by atoms with Gasteiger partial charge in [0.25, 0.3) is 0 Å². The number of hydrogen-bond acceptors (Lipinski definition) is 4. The van der Waals surface area contributed by atoms with Crippen LogP contribution in [0.1, 0.15) is 26.7 Å². The van der Waals surface area contributed by atoms with Crippen LogP contribution in [0.5, 0.6) is 0 Å². The number of rotatable bonds is 6. The maximum atomic E-state index is 11.6. The van der Waals surface area contributed by atoms with E-state index in [9.17, 15) is 8.42 Å². The predicted octanol–water partition coefficient (Wildman–Crippen LogP) is 0.575. The smallest absolute Gasteiger partial charge is 0.211 e. The van der Waals surface area contributed by atoms with Crippen molar-refractivity contribution < 1.29 is 8.42 Å². The molecule has 114 valence electrons. The first kappa shape index (κ1) is 16.9. The van der Waals surface area contributed by atoms with Crippen molar-refractivity contribution in [2.45, 2.75) is 26.7 Å². The molecule has 1 fully saturated rings. The second kappa shape index (κ2) is 6.52. The number of sulfonamides is 1. The van der Waals surface area contributed by atoms with Crippen LogP contribution in [0.4, 0.5) is 0 Å². The van der Waals surface area contributed by atoms with Crippen molar-refractivity contribution in [3.63, 3.8) is 0 Å². The van der Waals surface area contributed by atoms with Crippen molar-refractivity contribution in [1.29, 1.82) is 0 Å². The fraction of sp³-hybridized carbons (Fsp3) is 1.00. The molecule has 0 aromatic carbocycles. The largest absolute Gasteiger partial charge is 0.330 e. The molecule has 0 radical (unpaired) electrons. The summed E-state index contributed by atoms with van der Waals surface area (Å²) in [6.45, 7) is 8.20. The molecule has 0 aromatic heterocycles. The van der Waals surface area contributed by atoms with E-state index in [1.54, 1.807) is 4.31 Å². The zero-order valence-electron chi connectivity index (χ0n) is 12.7. The minimum Gasteiger partial charge on any atom is -0.330 e. The highest BCUT2D eigenvalue weighted by Gasteiger charge is 2.27. The maximum Gasteiger partial charge on any atom is 0.211 e. The van der Waals surface area contributed by atoms with Crippen molar-refractivity contribution >= 4 is 10.0 Å². The summed E-state index contributed by atoms with van der Waals surface area (Å²) in [6.07, 6.45) is 3.38. The Labute approximate surface area is 118 Å². The highest BCUT2D eigenvalue weighted by Crippen LogP contribution is 2.21. The van der Waals surface area contributed by atoms with Gasteiger partial charge in [-0.2, -0.15) is 0 Å². The first-order chi connectivity index (χ1) is 8.64. The van der Waals surface area contributed by atoms with Crippen LogP contribution >= 0.6 is 0 Å². The van der Waals surface area contributed by atoms with Crippen LogP contribution in [0.3, 0.4) is 0 Å². The molecule has 1 unspecified atom stereocenters. The lowest BCUT2D eigenvalue weighted by molar-refractivity contribution is 0.159. The summed E-state index contributed by atoms with van der Waals surface area (Å²) in [5.41, 5.74) is 5.86. The molecule has 0 aromatic rings. The van der Waals surface area contributed by atoms with Gasteiger partial charge in [-0.1, -0.05) is 13.8 Å². The zero-order valence-corrected chi connectivity index (χ0v) is 13.5. The zero-order chi connectivity index (χ0) is 14.7. The Morgan fingerprint density at radius 1 is 1.42 bits per heavy atom. The van der Waals surface area contributed by atoms with Crippen LogP contribution in [0, 0.1) is 11.3 Å². The Kier molecular flexibility index (Phi) is 5.79. The SMILES string of the molecule is CN(CC1CCCN(S(C)(=O)=O)C1)CC(C)(C)CN. The van der Waals surface area contributed by atoms with E-state index in [4.69, 9.17) is 5.73 Å². The highest BCUT2D eigenvalue weighted by molar-refractivity contribution is 7.88. The number of hydrogen-bond donors (Lipinski definition) is 1. The Balaban J connectivity index is 2.49. The van der Waals surface area contributed by atoms with E-state index in [0.717, 1.165) is 25.9 Å². The Hall–Kier alpha value is -0.170. The minimum atomic E-state index is -3.04. The molecule has 0 spiro atoms. The van der Waals surface area contributed by atoms with E-state index in [-0.39, 0.29) is 5.41 Å². The van der Waals surface area contributed by atoms with Gasteiger partial charge >= 0.3 is 0 Å². The van der Waals surface area contributed by atoms with Crippen LogP contribution in [0.15, 0.2) is 0 Å². The van der Waals surface area contributed by atoms with Crippen molar-refractivity contribution in [1.82, 2.24) is 9.21 Å². The molecular weight excluding hydrogens is 262 g/mol. The van der Waals surface area contributed by atoms with Crippen LogP contribution in [-0.4, -0.2) is 63.7 Å². The molecule has 1 aliphatic rings. The summed E-state index contributed by atoms with van der Waals surface area (Å²) in [7, 11) is -0.946. The quantitative estimate of drug-likeness (QED) is 0.777. The standard InChI is InChI=1S/C13H29N3O2S/c1-13(2,10-14)11-15(3)8-12-6-5-7-16(9-12)19(4,17)18/h12H,5-11,14H2,1-4H3. The average molecular weight is 291 g/mol. The molecular formula is C13H29N3O2S. The van der Waals surface area contributed by atoms with Gasteiger partial charge in [0.15, 0.2) is 0 Å². The van der Waals surface area contributed by atoms with Gasteiger partial charge in [0.05, 0.1) is 6.26 Å². The average Bonchev–Trinajstić information content (AvgIpc) is 2.27. The molecule has 1 heterocycles. The summed E-state index contributed by atoms with van der Waals surface area (Å²) in [5.74, 6) is 0.432. The lowest BCUT2D eigenvalue weighted by atomic mass is 9.92. The molecule has 1 rings (SSSR count). The van der Waals surface area contributed by atoms with Gasteiger partial charge in [0.2, 0.25) is 10.0 Å². The molecule has 0 amide bonds. The molecule has 2 N–H and O–H groups in total. The first-order valence-electron chi connectivity index (χ1n) is 6.98. The van der Waals surface area contributed by atoms with E-state index in [2.05, 4.69) is 25.8 Å². The van der Waals surface area contributed by atoms with E-state index < -0.39 is 10.0 Å². The summed E-state index contributed by atoms with van der Waals surface area (Å²) >= 11 is 0. The second-order valence-corrected chi connectivity index (χ2v) is 8.68. The van der Waals surface area contributed by atoms with Crippen LogP contribution in [-0.2, 0) is 10.0 Å². The van der Waals surface area contributed by atoms with Crippen LogP contribution in [0.25, 0.3) is 0 Å². The number of piperidine rings is 1. The van der Waals surface area contributed by atoms with Crippen LogP contribution in [0.2, 0.25) is 0 Å². The van der Waals surface area contributed by atoms with Crippen LogP contribution < -0.4 is 5.73 Å². The van der Waals surface area contributed by atoms with Gasteiger partial charge in [-0.3, -0.25) is 0 Å². The summed E-state index contributed by atoms with van der Waals surface area (Å²) in [5, 5.41) is 0. The number of nitrogens with zero attached hydrogens (tertiary/aromatic N) is 2. The Morgan fingerprint density at radius 3 is 2.58 bits per heavy atom. The molecule has 5 nitrogen and oxygen atoms in total. The van der Waals surface area contributed by atoms with E-state index in [0.29, 0.717) is 25.6 Å². The third kappa shape index (κ3) is 5.77. The number of nitrogens with two attached hydrogens (primary N) is 1.